The Bertz CT molecular complexity index is 673. The van der Waals surface area contributed by atoms with Gasteiger partial charge in [0.15, 0.2) is 0 Å². The molecule has 0 saturated heterocycles. The molecule has 0 saturated carbocycles. The zero-order valence-electron chi connectivity index (χ0n) is 12.0. The number of carboxylic acids is 1. The van der Waals surface area contributed by atoms with E-state index in [1.54, 1.807) is 12.1 Å². The molecule has 21 heavy (non-hydrogen) atoms. The topological polar surface area (TPSA) is 79.5 Å². The fourth-order valence-electron chi connectivity index (χ4n) is 2.01. The first-order chi connectivity index (χ1) is 10.0. The van der Waals surface area contributed by atoms with Gasteiger partial charge in [0.2, 0.25) is 11.7 Å². The molecule has 1 heterocycles. The summed E-state index contributed by atoms with van der Waals surface area (Å²) in [6.45, 7) is 3.85. The van der Waals surface area contributed by atoms with E-state index >= 15 is 0 Å². The number of hydrogen-bond acceptors (Lipinski definition) is 3. The minimum Gasteiger partial charge on any atom is -0.475 e. The van der Waals surface area contributed by atoms with Crippen LogP contribution in [0.3, 0.4) is 0 Å². The molecule has 0 radical (unpaired) electrons. The highest BCUT2D eigenvalue weighted by Crippen LogP contribution is 2.30. The molecule has 0 fully saturated rings. The highest BCUT2D eigenvalue weighted by molar-refractivity contribution is 5.95. The van der Waals surface area contributed by atoms with Crippen LogP contribution in [-0.2, 0) is 4.79 Å². The van der Waals surface area contributed by atoms with Crippen LogP contribution in [0.4, 0.5) is 5.69 Å². The lowest BCUT2D eigenvalue weighted by molar-refractivity contribution is -0.116. The number of rotatable bonds is 5. The molecular formula is C16H17NO4. The second-order valence-electron chi connectivity index (χ2n) is 4.82. The molecule has 5 nitrogen and oxygen atoms in total. The van der Waals surface area contributed by atoms with Gasteiger partial charge in [-0.1, -0.05) is 13.0 Å². The van der Waals surface area contributed by atoms with Crippen molar-refractivity contribution in [2.75, 3.05) is 5.32 Å². The van der Waals surface area contributed by atoms with Gasteiger partial charge in [-0.25, -0.2) is 4.79 Å². The van der Waals surface area contributed by atoms with Gasteiger partial charge in [0.1, 0.15) is 5.76 Å². The number of carbonyl (C=O) groups is 2. The Balaban J connectivity index is 2.37. The summed E-state index contributed by atoms with van der Waals surface area (Å²) in [5, 5.41) is 11.8. The molecule has 2 N–H and O–H groups in total. The first-order valence-corrected chi connectivity index (χ1v) is 6.75. The van der Waals surface area contributed by atoms with Crippen LogP contribution in [0.15, 0.2) is 34.7 Å². The number of hydrogen-bond donors (Lipinski definition) is 2. The molecule has 1 aromatic carbocycles. The van der Waals surface area contributed by atoms with Crippen molar-refractivity contribution in [3.8, 4) is 11.3 Å². The van der Waals surface area contributed by atoms with Gasteiger partial charge in [0.05, 0.1) is 5.69 Å². The third kappa shape index (κ3) is 3.51. The predicted octanol–water partition coefficient (Wildman–Crippen LogP) is 3.69. The number of anilines is 1. The van der Waals surface area contributed by atoms with Crippen molar-refractivity contribution in [3.05, 3.63) is 41.7 Å². The van der Waals surface area contributed by atoms with Crippen molar-refractivity contribution in [1.82, 2.24) is 0 Å². The van der Waals surface area contributed by atoms with Gasteiger partial charge in [-0.2, -0.15) is 0 Å². The number of aromatic carboxylic acids is 1. The Kier molecular flexibility index (Phi) is 4.42. The molecule has 0 aliphatic heterocycles. The van der Waals surface area contributed by atoms with E-state index in [0.717, 1.165) is 12.0 Å². The minimum absolute atomic E-state index is 0.0747. The highest BCUT2D eigenvalue weighted by atomic mass is 16.4. The quantitative estimate of drug-likeness (QED) is 0.878. The molecule has 1 amide bonds. The van der Waals surface area contributed by atoms with Crippen molar-refractivity contribution < 1.29 is 19.1 Å². The van der Waals surface area contributed by atoms with Gasteiger partial charge < -0.3 is 14.8 Å². The second kappa shape index (κ2) is 6.26. The molecule has 0 aliphatic carbocycles. The first-order valence-electron chi connectivity index (χ1n) is 6.75. The largest absolute Gasteiger partial charge is 0.475 e. The smallest absolute Gasteiger partial charge is 0.371 e. The maximum Gasteiger partial charge on any atom is 0.371 e. The zero-order valence-corrected chi connectivity index (χ0v) is 12.0. The van der Waals surface area contributed by atoms with Crippen LogP contribution >= 0.6 is 0 Å². The van der Waals surface area contributed by atoms with Crippen LogP contribution in [0, 0.1) is 6.92 Å². The molecule has 0 spiro atoms. The van der Waals surface area contributed by atoms with Crippen LogP contribution < -0.4 is 5.32 Å². The van der Waals surface area contributed by atoms with Crippen molar-refractivity contribution in [2.45, 2.75) is 26.7 Å². The molecule has 0 unspecified atom stereocenters. The number of benzene rings is 1. The molecule has 0 aliphatic rings. The maximum atomic E-state index is 11.8. The minimum atomic E-state index is -1.12. The predicted molar refractivity (Wildman–Crippen MR) is 79.4 cm³/mol. The van der Waals surface area contributed by atoms with Crippen LogP contribution in [0.5, 0.6) is 0 Å². The standard InChI is InChI=1S/C16H17NO4/c1-3-4-15(18)17-12-9-10(2)5-6-11(12)13-7-8-14(21-13)16(19)20/h5-9H,3-4H2,1-2H3,(H,17,18)(H,19,20). The van der Waals surface area contributed by atoms with E-state index < -0.39 is 5.97 Å². The van der Waals surface area contributed by atoms with Gasteiger partial charge in [-0.3, -0.25) is 4.79 Å². The zero-order chi connectivity index (χ0) is 15.4. The molecule has 110 valence electrons. The lowest BCUT2D eigenvalue weighted by Gasteiger charge is -2.10. The summed E-state index contributed by atoms with van der Waals surface area (Å²) in [4.78, 5) is 22.7. The Labute approximate surface area is 122 Å². The Hall–Kier alpha value is -2.56. The fraction of sp³-hybridized carbons (Fsp3) is 0.250. The summed E-state index contributed by atoms with van der Waals surface area (Å²) >= 11 is 0. The third-order valence-electron chi connectivity index (χ3n) is 3.01. The average molecular weight is 287 g/mol. The van der Waals surface area contributed by atoms with Crippen molar-refractivity contribution in [3.63, 3.8) is 0 Å². The SMILES string of the molecule is CCCC(=O)Nc1cc(C)ccc1-c1ccc(C(=O)O)o1. The first kappa shape index (κ1) is 14.8. The third-order valence-corrected chi connectivity index (χ3v) is 3.01. The Morgan fingerprint density at radius 3 is 2.62 bits per heavy atom. The van der Waals surface area contributed by atoms with E-state index in [1.807, 2.05) is 26.0 Å². The number of amides is 1. The van der Waals surface area contributed by atoms with Gasteiger partial charge >= 0.3 is 5.97 Å². The van der Waals surface area contributed by atoms with Crippen LogP contribution in [0.1, 0.15) is 35.9 Å². The van der Waals surface area contributed by atoms with E-state index in [4.69, 9.17) is 9.52 Å². The molecule has 2 rings (SSSR count). The molecule has 5 heteroatoms. The van der Waals surface area contributed by atoms with Crippen molar-refractivity contribution >= 4 is 17.6 Å². The van der Waals surface area contributed by atoms with E-state index in [9.17, 15) is 9.59 Å². The van der Waals surface area contributed by atoms with E-state index in [2.05, 4.69) is 5.32 Å². The summed E-state index contributed by atoms with van der Waals surface area (Å²) in [6.07, 6.45) is 1.20. The van der Waals surface area contributed by atoms with Crippen molar-refractivity contribution in [1.29, 1.82) is 0 Å². The van der Waals surface area contributed by atoms with E-state index in [0.29, 0.717) is 23.4 Å². The molecule has 1 aromatic heterocycles. The van der Waals surface area contributed by atoms with Gasteiger partial charge in [0, 0.05) is 12.0 Å². The lowest BCUT2D eigenvalue weighted by Crippen LogP contribution is -2.11. The summed E-state index contributed by atoms with van der Waals surface area (Å²) in [5.74, 6) is -0.907. The number of carbonyl (C=O) groups excluding carboxylic acids is 1. The molecule has 2 aromatic rings. The average Bonchev–Trinajstić information content (AvgIpc) is 2.88. The maximum absolute atomic E-state index is 11.8. The van der Waals surface area contributed by atoms with Gasteiger partial charge in [-0.15, -0.1) is 0 Å². The highest BCUT2D eigenvalue weighted by Gasteiger charge is 2.14. The number of aryl methyl sites for hydroxylation is 1. The van der Waals surface area contributed by atoms with E-state index in [-0.39, 0.29) is 11.7 Å². The summed E-state index contributed by atoms with van der Waals surface area (Å²) in [6, 6.07) is 8.51. The second-order valence-corrected chi connectivity index (χ2v) is 4.82. The van der Waals surface area contributed by atoms with Gasteiger partial charge in [-0.05, 0) is 43.2 Å². The van der Waals surface area contributed by atoms with Crippen LogP contribution in [0.2, 0.25) is 0 Å². The number of furan rings is 1. The number of carboxylic acid groups (broad SMARTS) is 1. The fourth-order valence-corrected chi connectivity index (χ4v) is 2.01. The Morgan fingerprint density at radius 2 is 2.00 bits per heavy atom. The van der Waals surface area contributed by atoms with Crippen molar-refractivity contribution in [2.24, 2.45) is 0 Å². The summed E-state index contributed by atoms with van der Waals surface area (Å²) in [7, 11) is 0. The number of nitrogens with one attached hydrogen (secondary N) is 1. The summed E-state index contributed by atoms with van der Waals surface area (Å²) in [5.41, 5.74) is 2.29. The monoisotopic (exact) mass is 287 g/mol. The van der Waals surface area contributed by atoms with Crippen LogP contribution in [0.25, 0.3) is 11.3 Å². The lowest BCUT2D eigenvalue weighted by atomic mass is 10.1. The van der Waals surface area contributed by atoms with Gasteiger partial charge in [0.25, 0.3) is 0 Å². The molecule has 0 atom stereocenters. The molecular weight excluding hydrogens is 270 g/mol. The van der Waals surface area contributed by atoms with Crippen LogP contribution in [-0.4, -0.2) is 17.0 Å². The summed E-state index contributed by atoms with van der Waals surface area (Å²) < 4.78 is 5.30. The molecule has 0 bridgehead atoms. The van der Waals surface area contributed by atoms with E-state index in [1.165, 1.54) is 6.07 Å². The normalized spacial score (nSPS) is 10.4. The Morgan fingerprint density at radius 1 is 1.24 bits per heavy atom.